The molecule has 4 heteroatoms. The Hall–Kier alpha value is -4.93. The topological polar surface area (TPSA) is 38.7 Å². The van der Waals surface area contributed by atoms with Crippen LogP contribution in [0.3, 0.4) is 0 Å². The van der Waals surface area contributed by atoms with Gasteiger partial charge in [-0.15, -0.1) is 11.3 Å². The summed E-state index contributed by atoms with van der Waals surface area (Å²) in [5, 5.41) is 1.19. The SMILES string of the molecule is c1ccc(-c2ccc(-c3nc(-c4cc5ccccc5s4)nc(-c4ccccc4-c4ccccc4)n3)cc2)cc1. The van der Waals surface area contributed by atoms with Gasteiger partial charge in [-0.3, -0.25) is 0 Å². The lowest BCUT2D eigenvalue weighted by molar-refractivity contribution is 1.08. The molecule has 0 saturated carbocycles. The third-order valence-corrected chi connectivity index (χ3v) is 7.90. The van der Waals surface area contributed by atoms with Gasteiger partial charge in [-0.25, -0.2) is 15.0 Å². The largest absolute Gasteiger partial charge is 0.208 e. The zero-order valence-corrected chi connectivity index (χ0v) is 21.8. The predicted octanol–water partition coefficient (Wildman–Crippen LogP) is 9.42. The molecular weight excluding hydrogens is 494 g/mol. The fourth-order valence-corrected chi connectivity index (χ4v) is 5.81. The zero-order valence-electron chi connectivity index (χ0n) is 21.0. The molecule has 0 aliphatic carbocycles. The van der Waals surface area contributed by atoms with Crippen LogP contribution in [0.5, 0.6) is 0 Å². The summed E-state index contributed by atoms with van der Waals surface area (Å²) in [5.41, 5.74) is 6.51. The van der Waals surface area contributed by atoms with E-state index in [1.165, 1.54) is 15.6 Å². The van der Waals surface area contributed by atoms with Crippen molar-refractivity contribution in [2.45, 2.75) is 0 Å². The average Bonchev–Trinajstić information content (AvgIpc) is 3.47. The summed E-state index contributed by atoms with van der Waals surface area (Å²) in [7, 11) is 0. The highest BCUT2D eigenvalue weighted by Crippen LogP contribution is 2.36. The van der Waals surface area contributed by atoms with Crippen LogP contribution in [-0.2, 0) is 0 Å². The summed E-state index contributed by atoms with van der Waals surface area (Å²) in [6.07, 6.45) is 0. The fraction of sp³-hybridized carbons (Fsp3) is 0. The van der Waals surface area contributed by atoms with Gasteiger partial charge < -0.3 is 0 Å². The number of fused-ring (bicyclic) bond motifs is 1. The summed E-state index contributed by atoms with van der Waals surface area (Å²) in [6.45, 7) is 0. The van der Waals surface area contributed by atoms with Crippen molar-refractivity contribution >= 4 is 21.4 Å². The van der Waals surface area contributed by atoms with Crippen molar-refractivity contribution < 1.29 is 0 Å². The molecule has 0 bridgehead atoms. The van der Waals surface area contributed by atoms with E-state index >= 15 is 0 Å². The summed E-state index contributed by atoms with van der Waals surface area (Å²) >= 11 is 1.71. The molecule has 0 radical (unpaired) electrons. The second kappa shape index (κ2) is 10.1. The Morgan fingerprint density at radius 2 is 0.923 bits per heavy atom. The number of hydrogen-bond donors (Lipinski definition) is 0. The molecule has 0 atom stereocenters. The van der Waals surface area contributed by atoms with Gasteiger partial charge in [-0.05, 0) is 39.8 Å². The van der Waals surface area contributed by atoms with E-state index in [-0.39, 0.29) is 0 Å². The van der Waals surface area contributed by atoms with Gasteiger partial charge in [0.15, 0.2) is 17.5 Å². The molecule has 184 valence electrons. The van der Waals surface area contributed by atoms with Crippen molar-refractivity contribution in [2.75, 3.05) is 0 Å². The van der Waals surface area contributed by atoms with E-state index in [0.717, 1.165) is 32.7 Å². The molecule has 3 nitrogen and oxygen atoms in total. The van der Waals surface area contributed by atoms with Crippen LogP contribution in [-0.4, -0.2) is 15.0 Å². The minimum Gasteiger partial charge on any atom is -0.208 e. The molecule has 39 heavy (non-hydrogen) atoms. The van der Waals surface area contributed by atoms with Crippen molar-refractivity contribution in [2.24, 2.45) is 0 Å². The third-order valence-electron chi connectivity index (χ3n) is 6.78. The molecule has 0 fully saturated rings. The van der Waals surface area contributed by atoms with E-state index in [1.54, 1.807) is 11.3 Å². The minimum atomic E-state index is 0.662. The van der Waals surface area contributed by atoms with Crippen LogP contribution in [0.25, 0.3) is 65.8 Å². The minimum absolute atomic E-state index is 0.662. The predicted molar refractivity (Wildman–Crippen MR) is 162 cm³/mol. The van der Waals surface area contributed by atoms with Crippen molar-refractivity contribution in [1.29, 1.82) is 0 Å². The number of rotatable bonds is 5. The molecule has 0 spiro atoms. The number of benzene rings is 5. The third kappa shape index (κ3) is 4.63. The molecule has 0 N–H and O–H groups in total. The first-order chi connectivity index (χ1) is 19.3. The Bertz CT molecular complexity index is 1860. The first kappa shape index (κ1) is 23.2. The molecule has 5 aromatic carbocycles. The molecular formula is C35H23N3S. The van der Waals surface area contributed by atoms with Crippen LogP contribution in [0.4, 0.5) is 0 Å². The average molecular weight is 518 g/mol. The molecule has 0 saturated heterocycles. The first-order valence-corrected chi connectivity index (χ1v) is 13.7. The monoisotopic (exact) mass is 517 g/mol. The summed E-state index contributed by atoms with van der Waals surface area (Å²) in [6, 6.07) is 48.1. The second-order valence-corrected chi connectivity index (χ2v) is 10.4. The van der Waals surface area contributed by atoms with Crippen LogP contribution in [0, 0.1) is 0 Å². The number of thiophene rings is 1. The standard InChI is InChI=1S/C35H23N3S/c1-3-11-24(12-4-1)25-19-21-27(22-20-25)33-36-34(30-17-9-8-16-29(30)26-13-5-2-6-14-26)38-35(37-33)32-23-28-15-7-10-18-31(28)39-32/h1-23H. The quantitative estimate of drug-likeness (QED) is 0.228. The van der Waals surface area contributed by atoms with Gasteiger partial charge in [-0.1, -0.05) is 127 Å². The van der Waals surface area contributed by atoms with Crippen LogP contribution in [0.1, 0.15) is 0 Å². The van der Waals surface area contributed by atoms with Crippen molar-refractivity contribution in [3.05, 3.63) is 140 Å². The Kier molecular flexibility index (Phi) is 6.00. The Morgan fingerprint density at radius 3 is 1.67 bits per heavy atom. The molecule has 0 unspecified atom stereocenters. The first-order valence-electron chi connectivity index (χ1n) is 12.9. The van der Waals surface area contributed by atoms with E-state index in [1.807, 2.05) is 18.2 Å². The molecule has 0 aliphatic heterocycles. The number of aromatic nitrogens is 3. The van der Waals surface area contributed by atoms with Gasteiger partial charge in [0.1, 0.15) is 0 Å². The molecule has 7 aromatic rings. The van der Waals surface area contributed by atoms with Crippen LogP contribution in [0.2, 0.25) is 0 Å². The lowest BCUT2D eigenvalue weighted by Crippen LogP contribution is -2.00. The van der Waals surface area contributed by atoms with Gasteiger partial charge in [0.25, 0.3) is 0 Å². The van der Waals surface area contributed by atoms with Gasteiger partial charge in [-0.2, -0.15) is 0 Å². The highest BCUT2D eigenvalue weighted by molar-refractivity contribution is 7.22. The van der Waals surface area contributed by atoms with Crippen molar-refractivity contribution in [1.82, 2.24) is 15.0 Å². The molecule has 0 amide bonds. The molecule has 2 aromatic heterocycles. The lowest BCUT2D eigenvalue weighted by Gasteiger charge is -2.11. The maximum absolute atomic E-state index is 5.03. The van der Waals surface area contributed by atoms with E-state index < -0.39 is 0 Å². The summed E-state index contributed by atoms with van der Waals surface area (Å²) in [4.78, 5) is 16.1. The van der Waals surface area contributed by atoms with E-state index in [2.05, 4.69) is 121 Å². The molecule has 0 aliphatic rings. The maximum Gasteiger partial charge on any atom is 0.174 e. The van der Waals surface area contributed by atoms with Gasteiger partial charge in [0.05, 0.1) is 4.88 Å². The van der Waals surface area contributed by atoms with E-state index in [9.17, 15) is 0 Å². The van der Waals surface area contributed by atoms with Crippen molar-refractivity contribution in [3.8, 4) is 55.7 Å². The van der Waals surface area contributed by atoms with Gasteiger partial charge >= 0.3 is 0 Å². The number of hydrogen-bond acceptors (Lipinski definition) is 4. The number of nitrogens with zero attached hydrogens (tertiary/aromatic N) is 3. The van der Waals surface area contributed by atoms with Gasteiger partial charge in [0.2, 0.25) is 0 Å². The van der Waals surface area contributed by atoms with Gasteiger partial charge in [0, 0.05) is 15.8 Å². The smallest absolute Gasteiger partial charge is 0.174 e. The van der Waals surface area contributed by atoms with Crippen LogP contribution >= 0.6 is 11.3 Å². The van der Waals surface area contributed by atoms with E-state index in [0.29, 0.717) is 17.5 Å². The Labute approximate surface area is 231 Å². The lowest BCUT2D eigenvalue weighted by atomic mass is 9.99. The highest BCUT2D eigenvalue weighted by Gasteiger charge is 2.17. The molecule has 2 heterocycles. The normalized spacial score (nSPS) is 11.1. The summed E-state index contributed by atoms with van der Waals surface area (Å²) < 4.78 is 1.22. The second-order valence-electron chi connectivity index (χ2n) is 9.31. The van der Waals surface area contributed by atoms with E-state index in [4.69, 9.17) is 15.0 Å². The fourth-order valence-electron chi connectivity index (χ4n) is 4.82. The van der Waals surface area contributed by atoms with Crippen LogP contribution < -0.4 is 0 Å². The zero-order chi connectivity index (χ0) is 26.0. The maximum atomic E-state index is 5.03. The molecule has 7 rings (SSSR count). The Balaban J connectivity index is 1.40. The van der Waals surface area contributed by atoms with Crippen LogP contribution in [0.15, 0.2) is 140 Å². The highest BCUT2D eigenvalue weighted by atomic mass is 32.1. The summed E-state index contributed by atoms with van der Waals surface area (Å²) in [5.74, 6) is 2.01. The Morgan fingerprint density at radius 1 is 0.385 bits per heavy atom. The van der Waals surface area contributed by atoms with Crippen molar-refractivity contribution in [3.63, 3.8) is 0 Å².